The predicted octanol–water partition coefficient (Wildman–Crippen LogP) is 1.83. The van der Waals surface area contributed by atoms with Crippen LogP contribution in [0.5, 0.6) is 0 Å². The molecule has 2 rings (SSSR count). The van der Waals surface area contributed by atoms with Crippen molar-refractivity contribution in [2.24, 2.45) is 5.73 Å². The smallest absolute Gasteiger partial charge is 0.316 e. The van der Waals surface area contributed by atoms with E-state index >= 15 is 0 Å². The summed E-state index contributed by atoms with van der Waals surface area (Å²) in [5, 5.41) is 5.07. The number of halogens is 1. The maximum absolute atomic E-state index is 12.3. The number of benzene rings is 1. The van der Waals surface area contributed by atoms with E-state index in [1.54, 1.807) is 24.3 Å². The highest BCUT2D eigenvalue weighted by Gasteiger charge is 2.24. The first-order valence-corrected chi connectivity index (χ1v) is 9.95. The number of primary amides is 1. The third-order valence-corrected chi connectivity index (χ3v) is 6.79. The first-order valence-electron chi connectivity index (χ1n) is 7.32. The average molecular weight is 417 g/mol. The van der Waals surface area contributed by atoms with Crippen molar-refractivity contribution < 1.29 is 18.0 Å². The standard InChI is InChI=1S/C15H17ClN4O4S2/c1-20(26(23,24)14-7-6-12(16)25-14)9-13(21)18-8-10-2-4-11(5-3-10)19-15(17)22/h2-7H,8-9H2,1H3,(H,18,21)(H3,17,19,22). The number of urea groups is 1. The van der Waals surface area contributed by atoms with E-state index in [0.29, 0.717) is 10.0 Å². The van der Waals surface area contributed by atoms with Gasteiger partial charge in [0.05, 0.1) is 10.9 Å². The van der Waals surface area contributed by atoms with Gasteiger partial charge < -0.3 is 16.4 Å². The van der Waals surface area contributed by atoms with Gasteiger partial charge in [-0.05, 0) is 29.8 Å². The predicted molar refractivity (Wildman–Crippen MR) is 101 cm³/mol. The number of rotatable bonds is 7. The minimum Gasteiger partial charge on any atom is -0.351 e. The van der Waals surface area contributed by atoms with Gasteiger partial charge in [-0.25, -0.2) is 13.2 Å². The van der Waals surface area contributed by atoms with Crippen molar-refractivity contribution in [2.45, 2.75) is 10.8 Å². The van der Waals surface area contributed by atoms with Crippen LogP contribution in [0.2, 0.25) is 4.34 Å². The SMILES string of the molecule is CN(CC(=O)NCc1ccc(NC(N)=O)cc1)S(=O)(=O)c1ccc(Cl)s1. The average Bonchev–Trinajstić information content (AvgIpc) is 3.01. The molecule has 0 saturated heterocycles. The lowest BCUT2D eigenvalue weighted by atomic mass is 10.2. The number of anilines is 1. The maximum Gasteiger partial charge on any atom is 0.316 e. The van der Waals surface area contributed by atoms with E-state index in [-0.39, 0.29) is 17.3 Å². The molecule has 0 unspecified atom stereocenters. The van der Waals surface area contributed by atoms with Crippen molar-refractivity contribution in [3.05, 3.63) is 46.3 Å². The van der Waals surface area contributed by atoms with Crippen molar-refractivity contribution in [1.82, 2.24) is 9.62 Å². The topological polar surface area (TPSA) is 122 Å². The van der Waals surface area contributed by atoms with Crippen LogP contribution in [0.25, 0.3) is 0 Å². The minimum atomic E-state index is -3.76. The zero-order chi connectivity index (χ0) is 19.3. The summed E-state index contributed by atoms with van der Waals surface area (Å²) in [6, 6.07) is 8.93. The molecule has 0 aliphatic heterocycles. The Labute approximate surface area is 160 Å². The fraction of sp³-hybridized carbons (Fsp3) is 0.200. The van der Waals surface area contributed by atoms with Crippen molar-refractivity contribution in [1.29, 1.82) is 0 Å². The highest BCUT2D eigenvalue weighted by atomic mass is 35.5. The molecule has 0 atom stereocenters. The van der Waals surface area contributed by atoms with Crippen LogP contribution in [-0.4, -0.2) is 38.3 Å². The van der Waals surface area contributed by atoms with Crippen LogP contribution in [0.4, 0.5) is 10.5 Å². The van der Waals surface area contributed by atoms with E-state index < -0.39 is 22.0 Å². The van der Waals surface area contributed by atoms with Crippen molar-refractivity contribution in [2.75, 3.05) is 18.9 Å². The number of hydrogen-bond donors (Lipinski definition) is 3. The van der Waals surface area contributed by atoms with E-state index in [0.717, 1.165) is 21.2 Å². The van der Waals surface area contributed by atoms with Gasteiger partial charge in [-0.15, -0.1) is 11.3 Å². The second kappa shape index (κ2) is 8.49. The Morgan fingerprint density at radius 1 is 1.19 bits per heavy atom. The fourth-order valence-corrected chi connectivity index (χ4v) is 4.80. The van der Waals surface area contributed by atoms with Crippen LogP contribution in [0.1, 0.15) is 5.56 Å². The lowest BCUT2D eigenvalue weighted by Crippen LogP contribution is -2.37. The van der Waals surface area contributed by atoms with Crippen molar-refractivity contribution in [3.63, 3.8) is 0 Å². The van der Waals surface area contributed by atoms with Gasteiger partial charge in [0.1, 0.15) is 4.21 Å². The molecule has 2 aromatic rings. The Hall–Kier alpha value is -2.14. The number of likely N-dealkylation sites (N-methyl/N-ethyl adjacent to an activating group) is 1. The van der Waals surface area contributed by atoms with Crippen LogP contribution < -0.4 is 16.4 Å². The third-order valence-electron chi connectivity index (χ3n) is 3.29. The van der Waals surface area contributed by atoms with Crippen molar-refractivity contribution in [3.8, 4) is 0 Å². The highest BCUT2D eigenvalue weighted by Crippen LogP contribution is 2.27. The number of nitrogens with one attached hydrogen (secondary N) is 2. The lowest BCUT2D eigenvalue weighted by molar-refractivity contribution is -0.121. The normalized spacial score (nSPS) is 11.3. The molecule has 1 aromatic heterocycles. The second-order valence-corrected chi connectivity index (χ2v) is 9.27. The molecule has 1 aromatic carbocycles. The number of hydrogen-bond acceptors (Lipinski definition) is 5. The summed E-state index contributed by atoms with van der Waals surface area (Å²) in [6.07, 6.45) is 0. The van der Waals surface area contributed by atoms with Crippen LogP contribution in [0.15, 0.2) is 40.6 Å². The Morgan fingerprint density at radius 3 is 2.38 bits per heavy atom. The number of thiophene rings is 1. The Balaban J connectivity index is 1.89. The quantitative estimate of drug-likeness (QED) is 0.637. The van der Waals surface area contributed by atoms with Gasteiger partial charge >= 0.3 is 6.03 Å². The highest BCUT2D eigenvalue weighted by molar-refractivity contribution is 7.91. The Morgan fingerprint density at radius 2 is 1.85 bits per heavy atom. The molecule has 0 radical (unpaired) electrons. The molecule has 3 amide bonds. The zero-order valence-electron chi connectivity index (χ0n) is 13.7. The van der Waals surface area contributed by atoms with Crippen LogP contribution in [0, 0.1) is 0 Å². The first kappa shape index (κ1) is 20.2. The monoisotopic (exact) mass is 416 g/mol. The molecule has 4 N–H and O–H groups in total. The van der Waals surface area contributed by atoms with E-state index in [9.17, 15) is 18.0 Å². The van der Waals surface area contributed by atoms with Gasteiger partial charge in [0, 0.05) is 19.3 Å². The summed E-state index contributed by atoms with van der Waals surface area (Å²) in [7, 11) is -2.43. The van der Waals surface area contributed by atoms with Crippen LogP contribution in [-0.2, 0) is 21.4 Å². The first-order chi connectivity index (χ1) is 12.2. The number of nitrogens with two attached hydrogens (primary N) is 1. The lowest BCUT2D eigenvalue weighted by Gasteiger charge is -2.15. The van der Waals surface area contributed by atoms with Gasteiger partial charge in [-0.3, -0.25) is 4.79 Å². The molecule has 0 aliphatic rings. The summed E-state index contributed by atoms with van der Waals surface area (Å²) >= 11 is 6.69. The minimum absolute atomic E-state index is 0.0790. The molecule has 8 nitrogen and oxygen atoms in total. The maximum atomic E-state index is 12.3. The number of amides is 3. The van der Waals surface area contributed by atoms with Gasteiger partial charge in [0.15, 0.2) is 0 Å². The number of sulfonamides is 1. The molecular weight excluding hydrogens is 400 g/mol. The fourth-order valence-electron chi connectivity index (χ4n) is 1.98. The van der Waals surface area contributed by atoms with Gasteiger partial charge in [-0.2, -0.15) is 4.31 Å². The number of carbonyl (C=O) groups excluding carboxylic acids is 2. The summed E-state index contributed by atoms with van der Waals surface area (Å²) < 4.78 is 26.1. The second-order valence-electron chi connectivity index (χ2n) is 5.28. The number of carbonyl (C=O) groups is 2. The van der Waals surface area contributed by atoms with E-state index in [1.165, 1.54) is 19.2 Å². The summed E-state index contributed by atoms with van der Waals surface area (Å²) in [5.74, 6) is -0.446. The molecule has 0 bridgehead atoms. The molecule has 11 heteroatoms. The zero-order valence-corrected chi connectivity index (χ0v) is 16.1. The van der Waals surface area contributed by atoms with Crippen molar-refractivity contribution >= 4 is 50.6 Å². The van der Waals surface area contributed by atoms with E-state index in [4.69, 9.17) is 17.3 Å². The van der Waals surface area contributed by atoms with Gasteiger partial charge in [0.2, 0.25) is 5.91 Å². The van der Waals surface area contributed by atoms with Crippen LogP contribution >= 0.6 is 22.9 Å². The summed E-state index contributed by atoms with van der Waals surface area (Å²) in [5.41, 5.74) is 6.33. The molecule has 26 heavy (non-hydrogen) atoms. The van der Waals surface area contributed by atoms with Crippen LogP contribution in [0.3, 0.4) is 0 Å². The summed E-state index contributed by atoms with van der Waals surface area (Å²) in [4.78, 5) is 22.8. The largest absolute Gasteiger partial charge is 0.351 e. The van der Waals surface area contributed by atoms with E-state index in [2.05, 4.69) is 10.6 Å². The molecule has 1 heterocycles. The molecule has 0 saturated carbocycles. The molecule has 0 aliphatic carbocycles. The van der Waals surface area contributed by atoms with E-state index in [1.807, 2.05) is 0 Å². The number of nitrogens with zero attached hydrogens (tertiary/aromatic N) is 1. The molecular formula is C15H17ClN4O4S2. The molecule has 0 fully saturated rings. The van der Waals surface area contributed by atoms with Gasteiger partial charge in [-0.1, -0.05) is 23.7 Å². The molecule has 0 spiro atoms. The Bertz CT molecular complexity index is 897. The molecule has 140 valence electrons. The summed E-state index contributed by atoms with van der Waals surface area (Å²) in [6.45, 7) is -0.104. The Kier molecular flexibility index (Phi) is 6.59. The third kappa shape index (κ3) is 5.43. The van der Waals surface area contributed by atoms with Gasteiger partial charge in [0.25, 0.3) is 10.0 Å².